The number of rotatable bonds is 5. The van der Waals surface area contributed by atoms with Crippen molar-refractivity contribution < 1.29 is 9.90 Å². The van der Waals surface area contributed by atoms with E-state index in [2.05, 4.69) is 36.4 Å². The Morgan fingerprint density at radius 2 is 2.16 bits per heavy atom. The number of hydrogen-bond acceptors (Lipinski definition) is 4. The van der Waals surface area contributed by atoms with Crippen molar-refractivity contribution >= 4 is 11.6 Å². The fraction of sp³-hybridized carbons (Fsp3) is 0.571. The Labute approximate surface area is 114 Å². The lowest BCUT2D eigenvalue weighted by atomic mass is 9.85. The molecule has 0 bridgehead atoms. The molecule has 0 radical (unpaired) electrons. The number of aromatic nitrogens is 1. The quantitative estimate of drug-likeness (QED) is 0.757. The third-order valence-corrected chi connectivity index (χ3v) is 3.02. The first kappa shape index (κ1) is 15.4. The molecule has 0 aliphatic rings. The molecule has 1 atom stereocenters. The molecule has 0 saturated heterocycles. The number of aliphatic hydroxyl groups excluding tert-OH is 1. The highest BCUT2D eigenvalue weighted by atomic mass is 16.3. The highest BCUT2D eigenvalue weighted by molar-refractivity contribution is 5.92. The molecule has 0 saturated carbocycles. The van der Waals surface area contributed by atoms with Crippen LogP contribution in [0.1, 0.15) is 37.7 Å². The SMILES string of the molecule is CNC(=O)c1cc(NC(CCO)C(C)(C)C)ccn1. The van der Waals surface area contributed by atoms with Gasteiger partial charge in [0.1, 0.15) is 5.69 Å². The number of nitrogens with one attached hydrogen (secondary N) is 2. The van der Waals surface area contributed by atoms with Crippen molar-refractivity contribution in [1.29, 1.82) is 0 Å². The summed E-state index contributed by atoms with van der Waals surface area (Å²) in [6.45, 7) is 6.46. The average Bonchev–Trinajstić information content (AvgIpc) is 2.36. The largest absolute Gasteiger partial charge is 0.396 e. The van der Waals surface area contributed by atoms with Crippen molar-refractivity contribution in [2.75, 3.05) is 19.0 Å². The van der Waals surface area contributed by atoms with Gasteiger partial charge >= 0.3 is 0 Å². The van der Waals surface area contributed by atoms with Crippen LogP contribution in [0.25, 0.3) is 0 Å². The molecular formula is C14H23N3O2. The molecular weight excluding hydrogens is 242 g/mol. The summed E-state index contributed by atoms with van der Waals surface area (Å²) < 4.78 is 0. The van der Waals surface area contributed by atoms with Gasteiger partial charge in [0.05, 0.1) is 0 Å². The highest BCUT2D eigenvalue weighted by Crippen LogP contribution is 2.25. The van der Waals surface area contributed by atoms with E-state index in [1.54, 1.807) is 19.3 Å². The number of hydrogen-bond donors (Lipinski definition) is 3. The van der Waals surface area contributed by atoms with E-state index in [1.807, 2.05) is 6.07 Å². The van der Waals surface area contributed by atoms with Gasteiger partial charge in [0.25, 0.3) is 5.91 Å². The van der Waals surface area contributed by atoms with Gasteiger partial charge in [-0.05, 0) is 24.0 Å². The number of nitrogens with zero attached hydrogens (tertiary/aromatic N) is 1. The summed E-state index contributed by atoms with van der Waals surface area (Å²) >= 11 is 0. The van der Waals surface area contributed by atoms with Crippen LogP contribution in [-0.2, 0) is 0 Å². The van der Waals surface area contributed by atoms with Crippen LogP contribution in [0.15, 0.2) is 18.3 Å². The van der Waals surface area contributed by atoms with E-state index in [4.69, 9.17) is 5.11 Å². The molecule has 1 aromatic rings. The van der Waals surface area contributed by atoms with E-state index >= 15 is 0 Å². The van der Waals surface area contributed by atoms with Gasteiger partial charge in [0.2, 0.25) is 0 Å². The van der Waals surface area contributed by atoms with Crippen LogP contribution in [0.4, 0.5) is 5.69 Å². The van der Waals surface area contributed by atoms with Gasteiger partial charge in [-0.1, -0.05) is 20.8 Å². The zero-order valence-corrected chi connectivity index (χ0v) is 12.0. The maximum atomic E-state index is 11.5. The molecule has 0 spiro atoms. The number of anilines is 1. The molecule has 1 heterocycles. The Hall–Kier alpha value is -1.62. The molecule has 0 fully saturated rings. The van der Waals surface area contributed by atoms with Crippen molar-refractivity contribution in [3.8, 4) is 0 Å². The minimum Gasteiger partial charge on any atom is -0.396 e. The van der Waals surface area contributed by atoms with Crippen molar-refractivity contribution in [2.45, 2.75) is 33.2 Å². The zero-order chi connectivity index (χ0) is 14.5. The Kier molecular flexibility index (Phi) is 5.30. The maximum Gasteiger partial charge on any atom is 0.269 e. The smallest absolute Gasteiger partial charge is 0.269 e. The molecule has 1 amide bonds. The first-order valence-electron chi connectivity index (χ1n) is 6.44. The summed E-state index contributed by atoms with van der Waals surface area (Å²) in [5, 5.41) is 15.0. The molecule has 19 heavy (non-hydrogen) atoms. The van der Waals surface area contributed by atoms with Crippen LogP contribution in [0.5, 0.6) is 0 Å². The molecule has 1 unspecified atom stereocenters. The van der Waals surface area contributed by atoms with Crippen molar-refractivity contribution in [3.63, 3.8) is 0 Å². The summed E-state index contributed by atoms with van der Waals surface area (Å²) in [6, 6.07) is 3.66. The van der Waals surface area contributed by atoms with Gasteiger partial charge in [-0.2, -0.15) is 0 Å². The minimum atomic E-state index is -0.210. The molecule has 106 valence electrons. The summed E-state index contributed by atoms with van der Waals surface area (Å²) in [6.07, 6.45) is 2.26. The number of carbonyl (C=O) groups excluding carboxylic acids is 1. The second-order valence-corrected chi connectivity index (χ2v) is 5.58. The third-order valence-electron chi connectivity index (χ3n) is 3.02. The molecule has 5 heteroatoms. The number of pyridine rings is 1. The molecule has 5 nitrogen and oxygen atoms in total. The normalized spacial score (nSPS) is 12.9. The van der Waals surface area contributed by atoms with Gasteiger partial charge in [-0.15, -0.1) is 0 Å². The number of carbonyl (C=O) groups is 1. The molecule has 3 N–H and O–H groups in total. The Balaban J connectivity index is 2.88. The first-order chi connectivity index (χ1) is 8.88. The van der Waals surface area contributed by atoms with E-state index in [0.29, 0.717) is 12.1 Å². The Bertz CT molecular complexity index is 427. The van der Waals surface area contributed by atoms with Gasteiger partial charge in [-0.25, -0.2) is 0 Å². The molecule has 0 aromatic carbocycles. The van der Waals surface area contributed by atoms with Crippen LogP contribution in [0.2, 0.25) is 0 Å². The highest BCUT2D eigenvalue weighted by Gasteiger charge is 2.24. The fourth-order valence-electron chi connectivity index (χ4n) is 1.82. The van der Waals surface area contributed by atoms with Crippen LogP contribution >= 0.6 is 0 Å². The molecule has 1 aromatic heterocycles. The van der Waals surface area contributed by atoms with Crippen molar-refractivity contribution in [2.24, 2.45) is 5.41 Å². The summed E-state index contributed by atoms with van der Waals surface area (Å²) in [4.78, 5) is 15.6. The van der Waals surface area contributed by atoms with Crippen LogP contribution in [-0.4, -0.2) is 35.7 Å². The van der Waals surface area contributed by atoms with Gasteiger partial charge < -0.3 is 15.7 Å². The average molecular weight is 265 g/mol. The van der Waals surface area contributed by atoms with E-state index in [-0.39, 0.29) is 24.0 Å². The number of aliphatic hydroxyl groups is 1. The van der Waals surface area contributed by atoms with Crippen molar-refractivity contribution in [1.82, 2.24) is 10.3 Å². The second kappa shape index (κ2) is 6.52. The van der Waals surface area contributed by atoms with Gasteiger partial charge in [-0.3, -0.25) is 9.78 Å². The van der Waals surface area contributed by atoms with Gasteiger partial charge in [0, 0.05) is 31.6 Å². The zero-order valence-electron chi connectivity index (χ0n) is 12.0. The van der Waals surface area contributed by atoms with Crippen LogP contribution in [0, 0.1) is 5.41 Å². The van der Waals surface area contributed by atoms with E-state index in [9.17, 15) is 4.79 Å². The fourth-order valence-corrected chi connectivity index (χ4v) is 1.82. The number of amides is 1. The lowest BCUT2D eigenvalue weighted by Crippen LogP contribution is -2.35. The van der Waals surface area contributed by atoms with E-state index in [1.165, 1.54) is 0 Å². The standard InChI is InChI=1S/C14H23N3O2/c1-14(2,3)12(6-8-18)17-10-5-7-16-11(9-10)13(19)15-4/h5,7,9,12,18H,6,8H2,1-4H3,(H,15,19)(H,16,17). The summed E-state index contributed by atoms with van der Waals surface area (Å²) in [5.41, 5.74) is 1.23. The Morgan fingerprint density at radius 3 is 2.68 bits per heavy atom. The third kappa shape index (κ3) is 4.52. The van der Waals surface area contributed by atoms with E-state index in [0.717, 1.165) is 5.69 Å². The maximum absolute atomic E-state index is 11.5. The minimum absolute atomic E-state index is 0.0131. The monoisotopic (exact) mass is 265 g/mol. The van der Waals surface area contributed by atoms with E-state index < -0.39 is 0 Å². The van der Waals surface area contributed by atoms with Crippen molar-refractivity contribution in [3.05, 3.63) is 24.0 Å². The summed E-state index contributed by atoms with van der Waals surface area (Å²) in [5.74, 6) is -0.210. The first-order valence-corrected chi connectivity index (χ1v) is 6.44. The Morgan fingerprint density at radius 1 is 1.47 bits per heavy atom. The lowest BCUT2D eigenvalue weighted by Gasteiger charge is -2.32. The van der Waals surface area contributed by atoms with Crippen LogP contribution in [0.3, 0.4) is 0 Å². The predicted molar refractivity (Wildman–Crippen MR) is 76.2 cm³/mol. The molecule has 0 aliphatic heterocycles. The molecule has 0 aliphatic carbocycles. The second-order valence-electron chi connectivity index (χ2n) is 5.58. The predicted octanol–water partition coefficient (Wildman–Crippen LogP) is 1.65. The topological polar surface area (TPSA) is 74.2 Å². The van der Waals surface area contributed by atoms with Crippen LogP contribution < -0.4 is 10.6 Å². The summed E-state index contributed by atoms with van der Waals surface area (Å²) in [7, 11) is 1.58. The lowest BCUT2D eigenvalue weighted by molar-refractivity contribution is 0.0958. The van der Waals surface area contributed by atoms with Gasteiger partial charge in [0.15, 0.2) is 0 Å². The molecule has 1 rings (SSSR count).